The zero-order valence-corrected chi connectivity index (χ0v) is 18.5. The molecule has 0 spiro atoms. The minimum absolute atomic E-state index is 0.127. The van der Waals surface area contributed by atoms with Crippen molar-refractivity contribution in [3.63, 3.8) is 0 Å². The zero-order chi connectivity index (χ0) is 22.3. The third-order valence-corrected chi connectivity index (χ3v) is 5.52. The fraction of sp³-hybridized carbons (Fsp3) is 0.179. The summed E-state index contributed by atoms with van der Waals surface area (Å²) >= 11 is 0. The van der Waals surface area contributed by atoms with Crippen molar-refractivity contribution in [2.45, 2.75) is 13.5 Å². The van der Waals surface area contributed by atoms with E-state index in [1.165, 1.54) is 21.9 Å². The molecule has 32 heavy (non-hydrogen) atoms. The lowest BCUT2D eigenvalue weighted by atomic mass is 10.0. The van der Waals surface area contributed by atoms with E-state index >= 15 is 0 Å². The predicted octanol–water partition coefficient (Wildman–Crippen LogP) is 5.34. The van der Waals surface area contributed by atoms with Gasteiger partial charge in [-0.05, 0) is 52.6 Å². The summed E-state index contributed by atoms with van der Waals surface area (Å²) in [5.74, 6) is 0.562. The van der Waals surface area contributed by atoms with Gasteiger partial charge < -0.3 is 15.4 Å². The van der Waals surface area contributed by atoms with Gasteiger partial charge in [0.1, 0.15) is 12.4 Å². The molecule has 0 unspecified atom stereocenters. The summed E-state index contributed by atoms with van der Waals surface area (Å²) in [6.07, 6.45) is 0. The van der Waals surface area contributed by atoms with Crippen LogP contribution in [-0.2, 0) is 6.54 Å². The highest BCUT2D eigenvalue weighted by atomic mass is 16.5. The molecule has 0 radical (unpaired) electrons. The molecule has 0 saturated heterocycles. The number of carbonyl (C=O) groups is 1. The number of rotatable bonds is 8. The number of fused-ring (bicyclic) bond motifs is 1. The molecule has 0 atom stereocenters. The third kappa shape index (κ3) is 5.16. The van der Waals surface area contributed by atoms with Crippen LogP contribution in [0.15, 0.2) is 84.9 Å². The van der Waals surface area contributed by atoms with Crippen molar-refractivity contribution in [3.8, 4) is 16.9 Å². The SMILES string of the molecule is CNC(=O)c1cc(OCCNCc2cccc3ccccc23)cc(-c2ccc(C)cc2)c1. The van der Waals surface area contributed by atoms with Gasteiger partial charge in [-0.1, -0.05) is 72.3 Å². The van der Waals surface area contributed by atoms with Gasteiger partial charge >= 0.3 is 0 Å². The molecular formula is C28H28N2O2. The molecule has 1 amide bonds. The van der Waals surface area contributed by atoms with E-state index in [0.717, 1.165) is 17.7 Å². The maximum absolute atomic E-state index is 12.3. The van der Waals surface area contributed by atoms with Crippen LogP contribution in [0.1, 0.15) is 21.5 Å². The highest BCUT2D eigenvalue weighted by Crippen LogP contribution is 2.27. The van der Waals surface area contributed by atoms with Gasteiger partial charge in [0.25, 0.3) is 5.91 Å². The molecule has 4 heteroatoms. The van der Waals surface area contributed by atoms with Crippen molar-refractivity contribution in [3.05, 3.63) is 102 Å². The average molecular weight is 425 g/mol. The maximum atomic E-state index is 12.3. The van der Waals surface area contributed by atoms with Gasteiger partial charge in [-0.2, -0.15) is 0 Å². The molecule has 4 nitrogen and oxygen atoms in total. The van der Waals surface area contributed by atoms with Crippen LogP contribution < -0.4 is 15.4 Å². The van der Waals surface area contributed by atoms with E-state index in [2.05, 4.69) is 84.3 Å². The van der Waals surface area contributed by atoms with Crippen molar-refractivity contribution in [2.75, 3.05) is 20.2 Å². The Morgan fingerprint density at radius 1 is 0.875 bits per heavy atom. The summed E-state index contributed by atoms with van der Waals surface area (Å²) < 4.78 is 6.01. The fourth-order valence-electron chi connectivity index (χ4n) is 3.78. The van der Waals surface area contributed by atoms with Gasteiger partial charge in [-0.25, -0.2) is 0 Å². The molecule has 0 aliphatic heterocycles. The first kappa shape index (κ1) is 21.6. The summed E-state index contributed by atoms with van der Waals surface area (Å²) in [4.78, 5) is 12.3. The molecule has 4 aromatic rings. The zero-order valence-electron chi connectivity index (χ0n) is 18.5. The summed E-state index contributed by atoms with van der Waals surface area (Å²) in [7, 11) is 1.64. The van der Waals surface area contributed by atoms with Crippen LogP contribution in [-0.4, -0.2) is 26.1 Å². The molecule has 0 aliphatic rings. The quantitative estimate of drug-likeness (QED) is 0.375. The van der Waals surface area contributed by atoms with E-state index in [-0.39, 0.29) is 5.91 Å². The first-order valence-corrected chi connectivity index (χ1v) is 10.9. The van der Waals surface area contributed by atoms with Crippen LogP contribution in [0.2, 0.25) is 0 Å². The molecule has 0 aromatic heterocycles. The van der Waals surface area contributed by atoms with Crippen LogP contribution in [0.25, 0.3) is 21.9 Å². The first-order valence-electron chi connectivity index (χ1n) is 10.9. The van der Waals surface area contributed by atoms with E-state index in [1.54, 1.807) is 13.1 Å². The van der Waals surface area contributed by atoms with Gasteiger partial charge in [0.2, 0.25) is 0 Å². The van der Waals surface area contributed by atoms with E-state index in [9.17, 15) is 4.79 Å². The second-order valence-corrected chi connectivity index (χ2v) is 7.85. The lowest BCUT2D eigenvalue weighted by Crippen LogP contribution is -2.21. The standard InChI is InChI=1S/C28H28N2O2/c1-20-10-12-21(13-11-20)24-16-25(28(31)29-2)18-26(17-24)32-15-14-30-19-23-8-5-7-22-6-3-4-9-27(22)23/h3-13,16-18,30H,14-15,19H2,1-2H3,(H,29,31). The Kier molecular flexibility index (Phi) is 6.83. The largest absolute Gasteiger partial charge is 0.492 e. The Morgan fingerprint density at radius 2 is 1.66 bits per heavy atom. The lowest BCUT2D eigenvalue weighted by Gasteiger charge is -2.12. The van der Waals surface area contributed by atoms with Gasteiger partial charge in [0.05, 0.1) is 0 Å². The third-order valence-electron chi connectivity index (χ3n) is 5.52. The van der Waals surface area contributed by atoms with E-state index in [4.69, 9.17) is 4.74 Å². The average Bonchev–Trinajstić information content (AvgIpc) is 2.83. The molecule has 0 fully saturated rings. The summed E-state index contributed by atoms with van der Waals surface area (Å²) in [6, 6.07) is 28.7. The molecule has 0 heterocycles. The van der Waals surface area contributed by atoms with E-state index in [0.29, 0.717) is 24.5 Å². The van der Waals surface area contributed by atoms with Gasteiger partial charge in [-0.3, -0.25) is 4.79 Å². The van der Waals surface area contributed by atoms with Crippen molar-refractivity contribution in [2.24, 2.45) is 0 Å². The van der Waals surface area contributed by atoms with Crippen LogP contribution in [0.3, 0.4) is 0 Å². The molecule has 0 saturated carbocycles. The normalized spacial score (nSPS) is 10.8. The molecule has 4 rings (SSSR count). The molecule has 162 valence electrons. The molecule has 0 aliphatic carbocycles. The molecule has 2 N–H and O–H groups in total. The number of nitrogens with one attached hydrogen (secondary N) is 2. The monoisotopic (exact) mass is 424 g/mol. The second kappa shape index (κ2) is 10.1. The van der Waals surface area contributed by atoms with Gasteiger partial charge in [-0.15, -0.1) is 0 Å². The van der Waals surface area contributed by atoms with Crippen molar-refractivity contribution < 1.29 is 9.53 Å². The molecular weight excluding hydrogens is 396 g/mol. The number of amides is 1. The number of hydrogen-bond donors (Lipinski definition) is 2. The molecule has 4 aromatic carbocycles. The fourth-order valence-corrected chi connectivity index (χ4v) is 3.78. The number of hydrogen-bond acceptors (Lipinski definition) is 3. The van der Waals surface area contributed by atoms with Crippen LogP contribution in [0, 0.1) is 6.92 Å². The summed E-state index contributed by atoms with van der Waals surface area (Å²) in [6.45, 7) is 4.05. The van der Waals surface area contributed by atoms with Crippen LogP contribution in [0.4, 0.5) is 0 Å². The van der Waals surface area contributed by atoms with E-state index < -0.39 is 0 Å². The van der Waals surface area contributed by atoms with Crippen LogP contribution in [0.5, 0.6) is 5.75 Å². The minimum atomic E-state index is -0.127. The number of carbonyl (C=O) groups excluding carboxylic acids is 1. The van der Waals surface area contributed by atoms with Crippen molar-refractivity contribution in [1.29, 1.82) is 0 Å². The topological polar surface area (TPSA) is 50.4 Å². The second-order valence-electron chi connectivity index (χ2n) is 7.85. The van der Waals surface area contributed by atoms with Gasteiger partial charge in [0, 0.05) is 25.7 Å². The Balaban J connectivity index is 1.41. The Bertz CT molecular complexity index is 1210. The minimum Gasteiger partial charge on any atom is -0.492 e. The number of ether oxygens (including phenoxy) is 1. The van der Waals surface area contributed by atoms with Gasteiger partial charge in [0.15, 0.2) is 0 Å². The maximum Gasteiger partial charge on any atom is 0.251 e. The number of aryl methyl sites for hydroxylation is 1. The summed E-state index contributed by atoms with van der Waals surface area (Å²) in [5, 5.41) is 8.68. The first-order chi connectivity index (χ1) is 15.6. The Labute approximate surface area is 189 Å². The van der Waals surface area contributed by atoms with Crippen LogP contribution >= 0.6 is 0 Å². The predicted molar refractivity (Wildman–Crippen MR) is 131 cm³/mol. The highest BCUT2D eigenvalue weighted by Gasteiger charge is 2.10. The highest BCUT2D eigenvalue weighted by molar-refractivity contribution is 5.95. The van der Waals surface area contributed by atoms with Crippen molar-refractivity contribution in [1.82, 2.24) is 10.6 Å². The smallest absolute Gasteiger partial charge is 0.251 e. The lowest BCUT2D eigenvalue weighted by molar-refractivity contribution is 0.0962. The van der Waals surface area contributed by atoms with Crippen molar-refractivity contribution >= 4 is 16.7 Å². The molecule has 0 bridgehead atoms. The Morgan fingerprint density at radius 3 is 2.47 bits per heavy atom. The van der Waals surface area contributed by atoms with E-state index in [1.807, 2.05) is 12.1 Å². The summed E-state index contributed by atoms with van der Waals surface area (Å²) in [5.41, 5.74) is 5.07. The Hall–Kier alpha value is -3.63. The number of benzene rings is 4.